The van der Waals surface area contributed by atoms with Gasteiger partial charge in [-0.2, -0.15) is 13.2 Å². The number of halogens is 4. The van der Waals surface area contributed by atoms with Gasteiger partial charge in [-0.3, -0.25) is 9.36 Å². The quantitative estimate of drug-likeness (QED) is 0.715. The maximum Gasteiger partial charge on any atom is 0.412 e. The molecule has 0 aromatic carbocycles. The predicted molar refractivity (Wildman–Crippen MR) is 51.6 cm³/mol. The van der Waals surface area contributed by atoms with Crippen molar-refractivity contribution in [2.45, 2.75) is 25.2 Å². The molecule has 88 valence electrons. The normalized spacial score (nSPS) is 24.1. The first kappa shape index (κ1) is 11.3. The van der Waals surface area contributed by atoms with Crippen LogP contribution in [0.5, 0.6) is 0 Å². The van der Waals surface area contributed by atoms with Crippen molar-refractivity contribution in [2.75, 3.05) is 5.32 Å². The van der Waals surface area contributed by atoms with Crippen LogP contribution in [0.25, 0.3) is 0 Å². The molecule has 0 saturated carbocycles. The zero-order valence-corrected chi connectivity index (χ0v) is 8.85. The Labute approximate surface area is 93.0 Å². The zero-order chi connectivity index (χ0) is 12.1. The van der Waals surface area contributed by atoms with Crippen LogP contribution in [-0.4, -0.2) is 21.3 Å². The van der Waals surface area contributed by atoms with Gasteiger partial charge >= 0.3 is 6.18 Å². The van der Waals surface area contributed by atoms with Crippen LogP contribution in [0.3, 0.4) is 0 Å². The lowest BCUT2D eigenvalue weighted by Crippen LogP contribution is -2.48. The van der Waals surface area contributed by atoms with Crippen LogP contribution in [0.4, 0.5) is 19.1 Å². The second kappa shape index (κ2) is 3.13. The fourth-order valence-corrected chi connectivity index (χ4v) is 1.66. The Morgan fingerprint density at radius 1 is 1.62 bits per heavy atom. The third-order valence-electron chi connectivity index (χ3n) is 2.46. The highest BCUT2D eigenvalue weighted by Gasteiger charge is 2.55. The van der Waals surface area contributed by atoms with E-state index >= 15 is 0 Å². The molecule has 8 heteroatoms. The molecule has 1 unspecified atom stereocenters. The van der Waals surface area contributed by atoms with Crippen LogP contribution >= 0.6 is 11.6 Å². The Bertz CT molecular complexity index is 498. The summed E-state index contributed by atoms with van der Waals surface area (Å²) in [6.45, 7) is 0.462. The largest absolute Gasteiger partial charge is 0.412 e. The van der Waals surface area contributed by atoms with Crippen molar-refractivity contribution in [3.05, 3.63) is 21.6 Å². The SMILES string of the molecule is CC1(C(F)(F)F)Cn2c(nc(Cl)cc2=O)N1. The van der Waals surface area contributed by atoms with E-state index in [-0.39, 0.29) is 11.1 Å². The van der Waals surface area contributed by atoms with Crippen molar-refractivity contribution in [1.82, 2.24) is 9.55 Å². The zero-order valence-electron chi connectivity index (χ0n) is 8.10. The van der Waals surface area contributed by atoms with Gasteiger partial charge < -0.3 is 5.32 Å². The summed E-state index contributed by atoms with van der Waals surface area (Å²) in [5, 5.41) is 2.05. The maximum absolute atomic E-state index is 12.7. The number of anilines is 1. The highest BCUT2D eigenvalue weighted by atomic mass is 35.5. The molecule has 2 heterocycles. The van der Waals surface area contributed by atoms with Crippen LogP contribution in [0.15, 0.2) is 10.9 Å². The van der Waals surface area contributed by atoms with Crippen LogP contribution in [0.1, 0.15) is 6.92 Å². The lowest BCUT2D eigenvalue weighted by Gasteiger charge is -2.26. The van der Waals surface area contributed by atoms with E-state index in [2.05, 4.69) is 10.3 Å². The molecule has 0 radical (unpaired) electrons. The van der Waals surface area contributed by atoms with Gasteiger partial charge in [-0.15, -0.1) is 0 Å². The number of alkyl halides is 3. The van der Waals surface area contributed by atoms with E-state index in [0.29, 0.717) is 0 Å². The van der Waals surface area contributed by atoms with Gasteiger partial charge in [0.05, 0.1) is 6.54 Å². The summed E-state index contributed by atoms with van der Waals surface area (Å²) in [7, 11) is 0. The molecule has 0 aliphatic carbocycles. The fourth-order valence-electron chi connectivity index (χ4n) is 1.49. The standard InChI is InChI=1S/C8H7ClF3N3O/c1-7(8(10,11)12)3-15-5(16)2-4(9)13-6(15)14-7/h2H,3H2,1H3,(H,13,14). The molecule has 1 aliphatic rings. The summed E-state index contributed by atoms with van der Waals surface area (Å²) in [5.74, 6) is -0.155. The average molecular weight is 254 g/mol. The smallest absolute Gasteiger partial charge is 0.340 e. The molecular weight excluding hydrogens is 247 g/mol. The van der Waals surface area contributed by atoms with Crippen molar-refractivity contribution in [3.8, 4) is 0 Å². The minimum absolute atomic E-state index is 0.129. The molecule has 4 nitrogen and oxygen atoms in total. The first-order valence-corrected chi connectivity index (χ1v) is 4.73. The van der Waals surface area contributed by atoms with Gasteiger partial charge in [0.2, 0.25) is 5.95 Å². The molecule has 0 bridgehead atoms. The first-order chi connectivity index (χ1) is 7.23. The molecular formula is C8H7ClF3N3O. The van der Waals surface area contributed by atoms with Crippen LogP contribution in [0.2, 0.25) is 5.15 Å². The molecule has 1 aliphatic heterocycles. The summed E-state index contributed by atoms with van der Waals surface area (Å²) in [6, 6.07) is 0.981. The minimum Gasteiger partial charge on any atom is -0.340 e. The van der Waals surface area contributed by atoms with E-state index in [1.54, 1.807) is 0 Å². The highest BCUT2D eigenvalue weighted by Crippen LogP contribution is 2.37. The monoisotopic (exact) mass is 253 g/mol. The Kier molecular flexibility index (Phi) is 2.20. The van der Waals surface area contributed by atoms with E-state index in [4.69, 9.17) is 11.6 Å². The summed E-state index contributed by atoms with van der Waals surface area (Å²) >= 11 is 5.49. The summed E-state index contributed by atoms with van der Waals surface area (Å²) in [5.41, 5.74) is -2.79. The minimum atomic E-state index is -4.47. The van der Waals surface area contributed by atoms with Crippen molar-refractivity contribution in [3.63, 3.8) is 0 Å². The van der Waals surface area contributed by atoms with Crippen molar-refractivity contribution >= 4 is 17.5 Å². The number of hydrogen-bond acceptors (Lipinski definition) is 3. The number of rotatable bonds is 0. The van der Waals surface area contributed by atoms with Crippen molar-refractivity contribution < 1.29 is 13.2 Å². The van der Waals surface area contributed by atoms with Crippen LogP contribution in [-0.2, 0) is 6.54 Å². The maximum atomic E-state index is 12.7. The lowest BCUT2D eigenvalue weighted by atomic mass is 10.0. The van der Waals surface area contributed by atoms with Crippen molar-refractivity contribution in [1.29, 1.82) is 0 Å². The molecule has 1 aromatic rings. The number of fused-ring (bicyclic) bond motifs is 1. The summed E-state index contributed by atoms with van der Waals surface area (Å²) in [6.07, 6.45) is -4.47. The number of nitrogens with zero attached hydrogens (tertiary/aromatic N) is 2. The molecule has 0 saturated heterocycles. The highest BCUT2D eigenvalue weighted by molar-refractivity contribution is 6.29. The van der Waals surface area contributed by atoms with E-state index < -0.39 is 23.8 Å². The molecule has 1 atom stereocenters. The molecule has 0 spiro atoms. The number of nitrogens with one attached hydrogen (secondary N) is 1. The number of aromatic nitrogens is 2. The van der Waals surface area contributed by atoms with E-state index in [0.717, 1.165) is 17.6 Å². The Balaban J connectivity index is 2.49. The average Bonchev–Trinajstić information content (AvgIpc) is 2.42. The second-order valence-corrected chi connectivity index (χ2v) is 4.17. The Morgan fingerprint density at radius 2 is 2.25 bits per heavy atom. The van der Waals surface area contributed by atoms with Crippen LogP contribution < -0.4 is 10.9 Å². The van der Waals surface area contributed by atoms with Gasteiger partial charge in [0.15, 0.2) is 5.54 Å². The van der Waals surface area contributed by atoms with E-state index in [1.165, 1.54) is 0 Å². The topological polar surface area (TPSA) is 46.9 Å². The number of hydrogen-bond donors (Lipinski definition) is 1. The summed E-state index contributed by atoms with van der Waals surface area (Å²) < 4.78 is 39.0. The van der Waals surface area contributed by atoms with E-state index in [1.807, 2.05) is 0 Å². The third-order valence-corrected chi connectivity index (χ3v) is 2.66. The Morgan fingerprint density at radius 3 is 2.81 bits per heavy atom. The molecule has 0 fully saturated rings. The lowest BCUT2D eigenvalue weighted by molar-refractivity contribution is -0.174. The summed E-state index contributed by atoms with van der Waals surface area (Å²) in [4.78, 5) is 15.0. The van der Waals surface area contributed by atoms with E-state index in [9.17, 15) is 18.0 Å². The predicted octanol–water partition coefficient (Wildman–Crippen LogP) is 1.64. The van der Waals surface area contributed by atoms with Crippen molar-refractivity contribution in [2.24, 2.45) is 0 Å². The van der Waals surface area contributed by atoms with Gasteiger partial charge in [-0.05, 0) is 6.92 Å². The molecule has 0 amide bonds. The first-order valence-electron chi connectivity index (χ1n) is 4.35. The molecule has 1 aromatic heterocycles. The van der Waals surface area contributed by atoms with Gasteiger partial charge in [-0.1, -0.05) is 11.6 Å². The fraction of sp³-hybridized carbons (Fsp3) is 0.500. The third kappa shape index (κ3) is 1.55. The Hall–Kier alpha value is -1.24. The van der Waals surface area contributed by atoms with Gasteiger partial charge in [0, 0.05) is 6.07 Å². The van der Waals surface area contributed by atoms with Gasteiger partial charge in [-0.25, -0.2) is 4.98 Å². The van der Waals surface area contributed by atoms with Crippen LogP contribution in [0, 0.1) is 0 Å². The molecule has 16 heavy (non-hydrogen) atoms. The molecule has 2 rings (SSSR count). The van der Waals surface area contributed by atoms with Gasteiger partial charge in [0.25, 0.3) is 5.56 Å². The second-order valence-electron chi connectivity index (χ2n) is 3.78. The van der Waals surface area contributed by atoms with Gasteiger partial charge in [0.1, 0.15) is 5.15 Å². The molecule has 1 N–H and O–H groups in total.